The molecule has 0 radical (unpaired) electrons. The number of nitrogens with one attached hydrogen (secondary N) is 2. The number of aromatic amines is 2. The maximum absolute atomic E-state index is 13.0. The van der Waals surface area contributed by atoms with Crippen molar-refractivity contribution < 1.29 is 19.1 Å². The summed E-state index contributed by atoms with van der Waals surface area (Å²) in [6.45, 7) is 12.1. The average molecular weight is 700 g/mol. The van der Waals surface area contributed by atoms with Crippen LogP contribution in [-0.4, -0.2) is 66.2 Å². The van der Waals surface area contributed by atoms with Crippen LogP contribution in [0.25, 0.3) is 44.4 Å². The number of H-pyrrole nitrogens is 2. The van der Waals surface area contributed by atoms with Crippen LogP contribution in [0.15, 0.2) is 73.1 Å². The second-order valence-electron chi connectivity index (χ2n) is 15.8. The van der Waals surface area contributed by atoms with E-state index in [0.717, 1.165) is 63.1 Å². The van der Waals surface area contributed by atoms with E-state index in [9.17, 15) is 14.9 Å². The van der Waals surface area contributed by atoms with Gasteiger partial charge in [-0.2, -0.15) is 5.26 Å². The Labute approximate surface area is 304 Å². The smallest absolute Gasteiger partial charge is 0.410 e. The van der Waals surface area contributed by atoms with E-state index in [1.54, 1.807) is 16.0 Å². The van der Waals surface area contributed by atoms with Gasteiger partial charge in [0.05, 0.1) is 47.9 Å². The van der Waals surface area contributed by atoms with Crippen molar-refractivity contribution in [2.24, 2.45) is 5.92 Å². The lowest BCUT2D eigenvalue weighted by Crippen LogP contribution is -2.37. The van der Waals surface area contributed by atoms with E-state index < -0.39 is 17.3 Å². The highest BCUT2D eigenvalue weighted by Gasteiger charge is 2.40. The van der Waals surface area contributed by atoms with Gasteiger partial charge in [0.2, 0.25) is 0 Å². The lowest BCUT2D eigenvalue weighted by atomic mass is 9.98. The molecule has 0 spiro atoms. The van der Waals surface area contributed by atoms with E-state index in [4.69, 9.17) is 9.47 Å². The molecule has 52 heavy (non-hydrogen) atoms. The van der Waals surface area contributed by atoms with Crippen molar-refractivity contribution in [2.75, 3.05) is 13.1 Å². The summed E-state index contributed by atoms with van der Waals surface area (Å²) in [4.78, 5) is 45.3. The molecule has 11 heteroatoms. The zero-order valence-electron chi connectivity index (χ0n) is 30.6. The average Bonchev–Trinajstić information content (AvgIpc) is 3.92. The molecule has 268 valence electrons. The third-order valence-electron chi connectivity index (χ3n) is 9.50. The van der Waals surface area contributed by atoms with Gasteiger partial charge in [-0.25, -0.2) is 19.6 Å². The largest absolute Gasteiger partial charge is 0.444 e. The Bertz CT molecular complexity index is 2150. The number of imidazole rings is 2. The lowest BCUT2D eigenvalue weighted by Gasteiger charge is -2.27. The van der Waals surface area contributed by atoms with Crippen LogP contribution in [0, 0.1) is 17.2 Å². The normalized spacial score (nSPS) is 19.2. The highest BCUT2D eigenvalue weighted by Crippen LogP contribution is 2.37. The molecule has 0 bridgehead atoms. The molecular formula is C41H45N7O4. The fraction of sp³-hybridized carbons (Fsp3) is 0.390. The summed E-state index contributed by atoms with van der Waals surface area (Å²) in [7, 11) is 0. The molecule has 2 aliphatic rings. The van der Waals surface area contributed by atoms with Gasteiger partial charge in [0.1, 0.15) is 22.9 Å². The van der Waals surface area contributed by atoms with Gasteiger partial charge in [0.25, 0.3) is 0 Å². The Morgan fingerprint density at radius 1 is 0.731 bits per heavy atom. The molecule has 2 amide bonds. The Morgan fingerprint density at radius 3 is 1.87 bits per heavy atom. The molecule has 5 aromatic rings. The van der Waals surface area contributed by atoms with Crippen LogP contribution in [0.2, 0.25) is 0 Å². The number of nitrogens with zero attached hydrogens (tertiary/aromatic N) is 5. The van der Waals surface area contributed by atoms with Gasteiger partial charge in [-0.3, -0.25) is 9.80 Å². The highest BCUT2D eigenvalue weighted by molar-refractivity contribution is 5.90. The standard InChI is InChI=1S/C41H45N7O4/c1-40(2,3)51-38(49)47-17-7-8-34(47)36-43-23-33(46-36)31-16-15-29-19-28(13-14-30(29)20-31)26-9-11-27(12-10-26)32-22-44-37(45-32)35-18-25(21-42)24-48(35)39(50)52-41(4,5)6/h9-16,19-20,22-23,25,34-35H,7-8,17-18,24H2,1-6H3,(H,43,46)(H,44,45). The second kappa shape index (κ2) is 13.5. The summed E-state index contributed by atoms with van der Waals surface area (Å²) in [5, 5.41) is 11.8. The van der Waals surface area contributed by atoms with Gasteiger partial charge < -0.3 is 19.4 Å². The molecule has 2 aromatic heterocycles. The molecule has 7 rings (SSSR count). The Balaban J connectivity index is 1.05. The molecule has 4 heterocycles. The van der Waals surface area contributed by atoms with Crippen LogP contribution in [-0.2, 0) is 9.47 Å². The van der Waals surface area contributed by atoms with E-state index in [2.05, 4.69) is 86.7 Å². The molecule has 3 aromatic carbocycles. The zero-order chi connectivity index (χ0) is 36.8. The number of amides is 2. The van der Waals surface area contributed by atoms with Gasteiger partial charge >= 0.3 is 12.2 Å². The predicted molar refractivity (Wildman–Crippen MR) is 199 cm³/mol. The molecular weight excluding hydrogens is 654 g/mol. The Kier molecular flexibility index (Phi) is 9.03. The number of hydrogen-bond donors (Lipinski definition) is 2. The van der Waals surface area contributed by atoms with Crippen molar-refractivity contribution in [3.63, 3.8) is 0 Å². The number of nitriles is 1. The van der Waals surface area contributed by atoms with Crippen molar-refractivity contribution in [3.05, 3.63) is 84.7 Å². The zero-order valence-corrected chi connectivity index (χ0v) is 30.6. The van der Waals surface area contributed by atoms with Crippen molar-refractivity contribution in [1.82, 2.24) is 29.7 Å². The molecule has 0 saturated carbocycles. The number of hydrogen-bond acceptors (Lipinski definition) is 7. The number of benzene rings is 3. The first-order valence-electron chi connectivity index (χ1n) is 17.9. The number of fused-ring (bicyclic) bond motifs is 1. The van der Waals surface area contributed by atoms with Crippen LogP contribution in [0.5, 0.6) is 0 Å². The number of likely N-dealkylation sites (tertiary alicyclic amines) is 2. The molecule has 2 N–H and O–H groups in total. The first kappa shape index (κ1) is 34.8. The number of ether oxygens (including phenoxy) is 2. The van der Waals surface area contributed by atoms with Crippen LogP contribution < -0.4 is 0 Å². The number of carbonyl (C=O) groups is 2. The molecule has 2 saturated heterocycles. The van der Waals surface area contributed by atoms with Gasteiger partial charge in [-0.1, -0.05) is 48.5 Å². The van der Waals surface area contributed by atoms with Gasteiger partial charge in [-0.15, -0.1) is 0 Å². The first-order chi connectivity index (χ1) is 24.7. The van der Waals surface area contributed by atoms with E-state index in [0.29, 0.717) is 25.3 Å². The fourth-order valence-corrected chi connectivity index (χ4v) is 7.04. The van der Waals surface area contributed by atoms with Crippen LogP contribution in [0.1, 0.15) is 84.5 Å². The van der Waals surface area contributed by atoms with E-state index in [1.165, 1.54) is 0 Å². The van der Waals surface area contributed by atoms with Gasteiger partial charge in [0, 0.05) is 18.7 Å². The first-order valence-corrected chi connectivity index (χ1v) is 17.9. The van der Waals surface area contributed by atoms with E-state index in [-0.39, 0.29) is 24.1 Å². The molecule has 2 fully saturated rings. The van der Waals surface area contributed by atoms with Crippen LogP contribution >= 0.6 is 0 Å². The van der Waals surface area contributed by atoms with Crippen molar-refractivity contribution >= 4 is 23.0 Å². The number of carbonyl (C=O) groups excluding carboxylic acids is 2. The molecule has 2 aliphatic heterocycles. The minimum Gasteiger partial charge on any atom is -0.444 e. The Hall–Kier alpha value is -5.63. The SMILES string of the molecule is CC(C)(C)OC(=O)N1CCCC1c1ncc(-c2ccc3cc(-c4ccc(-c5cnc(C6CC(C#N)CN6C(=O)OC(C)(C)C)[nH]5)cc4)ccc3c2)[nH]1. The quantitative estimate of drug-likeness (QED) is 0.186. The predicted octanol–water partition coefficient (Wildman–Crippen LogP) is 9.18. The topological polar surface area (TPSA) is 140 Å². The molecule has 3 unspecified atom stereocenters. The molecule has 0 aliphatic carbocycles. The summed E-state index contributed by atoms with van der Waals surface area (Å²) in [6, 6.07) is 22.9. The molecule has 11 nitrogen and oxygen atoms in total. The minimum atomic E-state index is -0.633. The van der Waals surface area contributed by atoms with Crippen LogP contribution in [0.4, 0.5) is 9.59 Å². The summed E-state index contributed by atoms with van der Waals surface area (Å²) in [5.41, 5.74) is 4.75. The van der Waals surface area contributed by atoms with Crippen molar-refractivity contribution in [2.45, 2.75) is 84.1 Å². The Morgan fingerprint density at radius 2 is 1.25 bits per heavy atom. The minimum absolute atomic E-state index is 0.132. The highest BCUT2D eigenvalue weighted by atomic mass is 16.6. The van der Waals surface area contributed by atoms with E-state index >= 15 is 0 Å². The third kappa shape index (κ3) is 7.38. The maximum atomic E-state index is 13.0. The van der Waals surface area contributed by atoms with Crippen molar-refractivity contribution in [1.29, 1.82) is 5.26 Å². The molecule has 3 atom stereocenters. The summed E-state index contributed by atoms with van der Waals surface area (Å²) >= 11 is 0. The summed E-state index contributed by atoms with van der Waals surface area (Å²) in [6.07, 6.45) is 5.13. The fourth-order valence-electron chi connectivity index (χ4n) is 7.04. The van der Waals surface area contributed by atoms with Gasteiger partial charge in [0.15, 0.2) is 0 Å². The number of rotatable bonds is 5. The number of aromatic nitrogens is 4. The van der Waals surface area contributed by atoms with Gasteiger partial charge in [-0.05, 0) is 100 Å². The van der Waals surface area contributed by atoms with E-state index in [1.807, 2.05) is 47.7 Å². The van der Waals surface area contributed by atoms with Crippen molar-refractivity contribution in [3.8, 4) is 39.7 Å². The maximum Gasteiger partial charge on any atom is 0.410 e. The lowest BCUT2D eigenvalue weighted by molar-refractivity contribution is 0.0207. The summed E-state index contributed by atoms with van der Waals surface area (Å²) in [5.74, 6) is 1.14. The van der Waals surface area contributed by atoms with Crippen LogP contribution in [0.3, 0.4) is 0 Å². The second-order valence-corrected chi connectivity index (χ2v) is 15.8. The summed E-state index contributed by atoms with van der Waals surface area (Å²) < 4.78 is 11.3. The third-order valence-corrected chi connectivity index (χ3v) is 9.50. The monoisotopic (exact) mass is 699 g/mol.